The van der Waals surface area contributed by atoms with Crippen LogP contribution in [0.15, 0.2) is 41.5 Å². The summed E-state index contributed by atoms with van der Waals surface area (Å²) >= 11 is 11.7. The normalized spacial score (nSPS) is 11.6. The van der Waals surface area contributed by atoms with Gasteiger partial charge < -0.3 is 9.84 Å². The average molecular weight is 395 g/mol. The van der Waals surface area contributed by atoms with Crippen LogP contribution in [-0.4, -0.2) is 23.8 Å². The summed E-state index contributed by atoms with van der Waals surface area (Å²) in [6.07, 6.45) is 1.25. The molecule has 0 spiro atoms. The van der Waals surface area contributed by atoms with Gasteiger partial charge in [0.1, 0.15) is 11.5 Å². The Balaban J connectivity index is 1.88. The number of amides is 1. The first-order chi connectivity index (χ1) is 12.2. The second-order valence-corrected chi connectivity index (χ2v) is 7.53. The molecule has 1 amide bonds. The maximum Gasteiger partial charge on any atom is 0.277 e. The topological polar surface area (TPSA) is 70.9 Å². The van der Waals surface area contributed by atoms with Crippen LogP contribution >= 0.6 is 23.2 Å². The summed E-state index contributed by atoms with van der Waals surface area (Å²) in [5, 5.41) is 14.0. The second-order valence-electron chi connectivity index (χ2n) is 6.68. The van der Waals surface area contributed by atoms with Crippen LogP contribution in [0.3, 0.4) is 0 Å². The van der Waals surface area contributed by atoms with Crippen LogP contribution < -0.4 is 10.2 Å². The third-order valence-electron chi connectivity index (χ3n) is 3.54. The highest BCUT2D eigenvalue weighted by atomic mass is 35.5. The monoisotopic (exact) mass is 394 g/mol. The third kappa shape index (κ3) is 5.64. The molecule has 0 radical (unpaired) electrons. The van der Waals surface area contributed by atoms with Crippen molar-refractivity contribution in [2.75, 3.05) is 6.61 Å². The van der Waals surface area contributed by atoms with Gasteiger partial charge in [0, 0.05) is 10.6 Å². The molecule has 0 bridgehead atoms. The summed E-state index contributed by atoms with van der Waals surface area (Å²) in [6.45, 7) is 6.19. The number of aromatic hydroxyl groups is 1. The molecule has 0 aliphatic rings. The van der Waals surface area contributed by atoms with Crippen molar-refractivity contribution in [2.24, 2.45) is 5.10 Å². The fourth-order valence-corrected chi connectivity index (χ4v) is 2.60. The maximum absolute atomic E-state index is 11.8. The van der Waals surface area contributed by atoms with Crippen molar-refractivity contribution < 1.29 is 14.6 Å². The molecule has 7 heteroatoms. The molecule has 0 aliphatic heterocycles. The average Bonchev–Trinajstić information content (AvgIpc) is 2.57. The first kappa shape index (κ1) is 20.1. The van der Waals surface area contributed by atoms with E-state index >= 15 is 0 Å². The largest absolute Gasteiger partial charge is 0.506 e. The SMILES string of the molecule is CC(C)(C)c1ccc(OCC(=O)N/N=C/c2cc(Cl)cc(Cl)c2O)cc1. The van der Waals surface area contributed by atoms with E-state index in [-0.39, 0.29) is 22.8 Å². The molecular formula is C19H20Cl2N2O3. The van der Waals surface area contributed by atoms with Crippen molar-refractivity contribution in [1.82, 2.24) is 5.43 Å². The van der Waals surface area contributed by atoms with Gasteiger partial charge in [-0.05, 0) is 35.2 Å². The van der Waals surface area contributed by atoms with E-state index in [1.165, 1.54) is 23.9 Å². The molecule has 2 rings (SSSR count). The number of benzene rings is 2. The van der Waals surface area contributed by atoms with Gasteiger partial charge in [0.15, 0.2) is 6.61 Å². The predicted molar refractivity (Wildman–Crippen MR) is 105 cm³/mol. The Morgan fingerprint density at radius 2 is 1.88 bits per heavy atom. The summed E-state index contributed by atoms with van der Waals surface area (Å²) in [5.74, 6) is -0.00517. The van der Waals surface area contributed by atoms with Crippen LogP contribution in [0.25, 0.3) is 0 Å². The Morgan fingerprint density at radius 1 is 1.23 bits per heavy atom. The smallest absolute Gasteiger partial charge is 0.277 e. The van der Waals surface area contributed by atoms with E-state index in [0.717, 1.165) is 0 Å². The minimum Gasteiger partial charge on any atom is -0.506 e. The Labute approximate surface area is 162 Å². The molecule has 0 saturated carbocycles. The van der Waals surface area contributed by atoms with Crippen molar-refractivity contribution in [3.8, 4) is 11.5 Å². The van der Waals surface area contributed by atoms with Crippen molar-refractivity contribution in [3.63, 3.8) is 0 Å². The van der Waals surface area contributed by atoms with Crippen molar-refractivity contribution >= 4 is 35.3 Å². The van der Waals surface area contributed by atoms with E-state index in [9.17, 15) is 9.90 Å². The summed E-state index contributed by atoms with van der Waals surface area (Å²) < 4.78 is 5.42. The Bertz CT molecular complexity index is 813. The molecule has 2 aromatic rings. The van der Waals surface area contributed by atoms with Crippen LogP contribution in [0.2, 0.25) is 10.0 Å². The van der Waals surface area contributed by atoms with Gasteiger partial charge in [-0.3, -0.25) is 4.79 Å². The van der Waals surface area contributed by atoms with E-state index < -0.39 is 5.91 Å². The van der Waals surface area contributed by atoms with Gasteiger partial charge in [0.05, 0.1) is 11.2 Å². The van der Waals surface area contributed by atoms with Crippen LogP contribution in [0.1, 0.15) is 31.9 Å². The standard InChI is InChI=1S/C19H20Cl2N2O3/c1-19(2,3)13-4-6-15(7-5-13)26-11-17(24)23-22-10-12-8-14(20)9-16(21)18(12)25/h4-10,25H,11H2,1-3H3,(H,23,24)/b22-10+. The van der Waals surface area contributed by atoms with Crippen LogP contribution in [0.5, 0.6) is 11.5 Å². The summed E-state index contributed by atoms with van der Waals surface area (Å²) in [4.78, 5) is 11.8. The van der Waals surface area contributed by atoms with Gasteiger partial charge in [-0.25, -0.2) is 5.43 Å². The Hall–Kier alpha value is -2.24. The lowest BCUT2D eigenvalue weighted by Gasteiger charge is -2.19. The molecule has 0 fully saturated rings. The first-order valence-electron chi connectivity index (χ1n) is 7.90. The van der Waals surface area contributed by atoms with E-state index in [4.69, 9.17) is 27.9 Å². The van der Waals surface area contributed by atoms with Crippen molar-refractivity contribution in [3.05, 3.63) is 57.6 Å². The number of phenolic OH excluding ortho intramolecular Hbond substituents is 1. The molecule has 138 valence electrons. The summed E-state index contributed by atoms with van der Waals surface area (Å²) in [6, 6.07) is 10.5. The molecule has 2 N–H and O–H groups in total. The molecule has 0 aromatic heterocycles. The number of halogens is 2. The van der Waals surface area contributed by atoms with Crippen molar-refractivity contribution in [1.29, 1.82) is 0 Å². The zero-order chi connectivity index (χ0) is 19.3. The molecule has 0 atom stereocenters. The fraction of sp³-hybridized carbons (Fsp3) is 0.263. The quantitative estimate of drug-likeness (QED) is 0.578. The van der Waals surface area contributed by atoms with E-state index in [2.05, 4.69) is 31.3 Å². The fourth-order valence-electron chi connectivity index (χ4n) is 2.09. The summed E-state index contributed by atoms with van der Waals surface area (Å²) in [7, 11) is 0. The number of phenols is 1. The number of carbonyl (C=O) groups is 1. The van der Waals surface area contributed by atoms with Gasteiger partial charge in [-0.1, -0.05) is 56.1 Å². The van der Waals surface area contributed by atoms with Gasteiger partial charge in [-0.2, -0.15) is 5.10 Å². The van der Waals surface area contributed by atoms with Gasteiger partial charge in [0.2, 0.25) is 0 Å². The molecule has 26 heavy (non-hydrogen) atoms. The third-order valence-corrected chi connectivity index (χ3v) is 4.05. The Kier molecular flexibility index (Phi) is 6.51. The second kappa shape index (κ2) is 8.43. The van der Waals surface area contributed by atoms with Crippen LogP contribution in [0, 0.1) is 0 Å². The number of nitrogens with zero attached hydrogens (tertiary/aromatic N) is 1. The van der Waals surface area contributed by atoms with Crippen molar-refractivity contribution in [2.45, 2.75) is 26.2 Å². The number of nitrogens with one attached hydrogen (secondary N) is 1. The van der Waals surface area contributed by atoms with E-state index in [0.29, 0.717) is 16.3 Å². The number of carbonyl (C=O) groups excluding carboxylic acids is 1. The lowest BCUT2D eigenvalue weighted by Crippen LogP contribution is -2.24. The number of rotatable bonds is 5. The van der Waals surface area contributed by atoms with Gasteiger partial charge in [-0.15, -0.1) is 0 Å². The van der Waals surface area contributed by atoms with Gasteiger partial charge in [0.25, 0.3) is 5.91 Å². The molecular weight excluding hydrogens is 375 g/mol. The first-order valence-corrected chi connectivity index (χ1v) is 8.65. The van der Waals surface area contributed by atoms with Gasteiger partial charge >= 0.3 is 0 Å². The minimum absolute atomic E-state index is 0.0550. The lowest BCUT2D eigenvalue weighted by molar-refractivity contribution is -0.123. The molecule has 5 nitrogen and oxygen atoms in total. The Morgan fingerprint density at radius 3 is 2.50 bits per heavy atom. The minimum atomic E-state index is -0.436. The number of ether oxygens (including phenoxy) is 1. The maximum atomic E-state index is 11.8. The molecule has 0 aliphatic carbocycles. The molecule has 0 saturated heterocycles. The number of hydrogen-bond acceptors (Lipinski definition) is 4. The zero-order valence-corrected chi connectivity index (χ0v) is 16.2. The lowest BCUT2D eigenvalue weighted by atomic mass is 9.87. The van der Waals surface area contributed by atoms with Crippen LogP contribution in [-0.2, 0) is 10.2 Å². The number of hydrogen-bond donors (Lipinski definition) is 2. The summed E-state index contributed by atoms with van der Waals surface area (Å²) in [5.41, 5.74) is 3.84. The van der Waals surface area contributed by atoms with Crippen LogP contribution in [0.4, 0.5) is 0 Å². The highest BCUT2D eigenvalue weighted by molar-refractivity contribution is 6.36. The predicted octanol–water partition coefficient (Wildman–Crippen LogP) is 4.53. The molecule has 2 aromatic carbocycles. The highest BCUT2D eigenvalue weighted by Crippen LogP contribution is 2.30. The highest BCUT2D eigenvalue weighted by Gasteiger charge is 2.13. The molecule has 0 heterocycles. The van der Waals surface area contributed by atoms with E-state index in [1.54, 1.807) is 0 Å². The number of hydrazone groups is 1. The molecule has 0 unspecified atom stereocenters. The van der Waals surface area contributed by atoms with E-state index in [1.807, 2.05) is 24.3 Å². The zero-order valence-electron chi connectivity index (χ0n) is 14.7.